The van der Waals surface area contributed by atoms with Crippen LogP contribution >= 0.6 is 0 Å². The van der Waals surface area contributed by atoms with Gasteiger partial charge in [0.1, 0.15) is 13.2 Å². The molecule has 2 aliphatic heterocycles. The minimum Gasteiger partial charge on any atom is -0.486 e. The van der Waals surface area contributed by atoms with Crippen molar-refractivity contribution in [1.29, 1.82) is 0 Å². The zero-order valence-corrected chi connectivity index (χ0v) is 15.3. The van der Waals surface area contributed by atoms with E-state index in [9.17, 15) is 13.2 Å². The molecule has 25 heavy (non-hydrogen) atoms. The third kappa shape index (κ3) is 3.90. The summed E-state index contributed by atoms with van der Waals surface area (Å²) in [6, 6.07) is 4.83. The Kier molecular flexibility index (Phi) is 5.19. The number of fused-ring (bicyclic) bond motifs is 1. The van der Waals surface area contributed by atoms with Crippen molar-refractivity contribution in [3.05, 3.63) is 18.2 Å². The second-order valence-corrected chi connectivity index (χ2v) is 8.55. The molecule has 0 aliphatic carbocycles. The fourth-order valence-corrected chi connectivity index (χ4v) is 4.35. The van der Waals surface area contributed by atoms with Gasteiger partial charge < -0.3 is 19.7 Å². The highest BCUT2D eigenvalue weighted by Crippen LogP contribution is 2.32. The number of nitrogens with zero attached hydrogens (tertiary/aromatic N) is 1. The Morgan fingerprint density at radius 3 is 2.72 bits per heavy atom. The van der Waals surface area contributed by atoms with Gasteiger partial charge in [0.05, 0.1) is 10.6 Å². The van der Waals surface area contributed by atoms with Crippen LogP contribution in [0.2, 0.25) is 0 Å². The molecule has 7 nitrogen and oxygen atoms in total. The molecule has 8 heteroatoms. The average Bonchev–Trinajstić information content (AvgIpc) is 2.61. The molecule has 0 saturated carbocycles. The largest absolute Gasteiger partial charge is 0.486 e. The normalized spacial score (nSPS) is 23.4. The third-order valence-corrected chi connectivity index (χ3v) is 6.53. The molecule has 1 aromatic carbocycles. The van der Waals surface area contributed by atoms with Crippen LogP contribution in [0.15, 0.2) is 23.1 Å². The molecule has 2 atom stereocenters. The van der Waals surface area contributed by atoms with Crippen LogP contribution in [0.3, 0.4) is 0 Å². The predicted octanol–water partition coefficient (Wildman–Crippen LogP) is 0.830. The van der Waals surface area contributed by atoms with Crippen molar-refractivity contribution in [3.8, 4) is 11.5 Å². The Bertz CT molecular complexity index is 749. The molecule has 2 aliphatic rings. The molecule has 3 rings (SSSR count). The van der Waals surface area contributed by atoms with E-state index >= 15 is 0 Å². The van der Waals surface area contributed by atoms with Gasteiger partial charge in [-0.05, 0) is 26.0 Å². The summed E-state index contributed by atoms with van der Waals surface area (Å²) in [5, 5.41) is 3.31. The van der Waals surface area contributed by atoms with Gasteiger partial charge in [0.25, 0.3) is 0 Å². The highest BCUT2D eigenvalue weighted by Gasteiger charge is 2.29. The molecule has 138 valence electrons. The Balaban J connectivity index is 1.66. The van der Waals surface area contributed by atoms with Crippen LogP contribution in [0.25, 0.3) is 0 Å². The SMILES string of the molecule is CC1NCCN(C(=O)CCS(=O)(=O)c2ccc3c(c2)OCCO3)C1C. The molecule has 1 amide bonds. The van der Waals surface area contributed by atoms with Crippen molar-refractivity contribution in [2.75, 3.05) is 32.1 Å². The zero-order chi connectivity index (χ0) is 18.0. The molecule has 1 N–H and O–H groups in total. The number of hydrogen-bond acceptors (Lipinski definition) is 6. The van der Waals surface area contributed by atoms with Crippen LogP contribution in [0.1, 0.15) is 20.3 Å². The molecule has 0 radical (unpaired) electrons. The molecular weight excluding hydrogens is 344 g/mol. The van der Waals surface area contributed by atoms with E-state index in [2.05, 4.69) is 5.32 Å². The number of ether oxygens (including phenoxy) is 2. The molecule has 0 aromatic heterocycles. The number of rotatable bonds is 4. The fraction of sp³-hybridized carbons (Fsp3) is 0.588. The van der Waals surface area contributed by atoms with Crippen molar-refractivity contribution in [3.63, 3.8) is 0 Å². The lowest BCUT2D eigenvalue weighted by Gasteiger charge is -2.38. The Morgan fingerprint density at radius 2 is 1.96 bits per heavy atom. The van der Waals surface area contributed by atoms with Gasteiger partial charge in [-0.1, -0.05) is 0 Å². The lowest BCUT2D eigenvalue weighted by molar-refractivity contribution is -0.134. The second-order valence-electron chi connectivity index (χ2n) is 6.44. The number of carbonyl (C=O) groups is 1. The lowest BCUT2D eigenvalue weighted by Crippen LogP contribution is -2.57. The Morgan fingerprint density at radius 1 is 1.24 bits per heavy atom. The number of benzene rings is 1. The van der Waals surface area contributed by atoms with E-state index in [1.807, 2.05) is 13.8 Å². The smallest absolute Gasteiger partial charge is 0.223 e. The third-order valence-electron chi connectivity index (χ3n) is 4.81. The average molecular weight is 368 g/mol. The Hall–Kier alpha value is -1.80. The summed E-state index contributed by atoms with van der Waals surface area (Å²) in [6.07, 6.45) is -0.0200. The maximum absolute atomic E-state index is 12.6. The van der Waals surface area contributed by atoms with Gasteiger partial charge in [-0.25, -0.2) is 8.42 Å². The maximum atomic E-state index is 12.6. The zero-order valence-electron chi connectivity index (χ0n) is 14.5. The molecule has 1 fully saturated rings. The Labute approximate surface area is 148 Å². The van der Waals surface area contributed by atoms with Gasteiger partial charge in [-0.3, -0.25) is 4.79 Å². The number of carbonyl (C=O) groups excluding carboxylic acids is 1. The van der Waals surface area contributed by atoms with E-state index in [0.717, 1.165) is 6.54 Å². The van der Waals surface area contributed by atoms with Crippen molar-refractivity contribution < 1.29 is 22.7 Å². The number of piperazine rings is 1. The summed E-state index contributed by atoms with van der Waals surface area (Å²) >= 11 is 0. The van der Waals surface area contributed by atoms with Crippen LogP contribution in [0, 0.1) is 0 Å². The highest BCUT2D eigenvalue weighted by molar-refractivity contribution is 7.91. The number of hydrogen-bond donors (Lipinski definition) is 1. The first kappa shape index (κ1) is 18.0. The van der Waals surface area contributed by atoms with Crippen LogP contribution in [-0.4, -0.2) is 63.4 Å². The lowest BCUT2D eigenvalue weighted by atomic mass is 10.1. The predicted molar refractivity (Wildman–Crippen MR) is 92.7 cm³/mol. The number of amides is 1. The van der Waals surface area contributed by atoms with Crippen molar-refractivity contribution >= 4 is 15.7 Å². The maximum Gasteiger partial charge on any atom is 0.223 e. The summed E-state index contributed by atoms with van der Waals surface area (Å²) in [5.41, 5.74) is 0. The molecule has 2 unspecified atom stereocenters. The first-order valence-corrected chi connectivity index (χ1v) is 10.2. The summed E-state index contributed by atoms with van der Waals surface area (Å²) in [7, 11) is -3.56. The minimum absolute atomic E-state index is 0.0200. The van der Waals surface area contributed by atoms with Crippen LogP contribution in [0.5, 0.6) is 11.5 Å². The first-order chi connectivity index (χ1) is 11.9. The van der Waals surface area contributed by atoms with Crippen molar-refractivity contribution in [2.24, 2.45) is 0 Å². The second kappa shape index (κ2) is 7.21. The van der Waals surface area contributed by atoms with E-state index in [1.165, 1.54) is 12.1 Å². The summed E-state index contributed by atoms with van der Waals surface area (Å²) in [5.74, 6) is 0.645. The number of nitrogens with one attached hydrogen (secondary N) is 1. The summed E-state index contributed by atoms with van der Waals surface area (Å²) in [6.45, 7) is 6.18. The minimum atomic E-state index is -3.56. The van der Waals surface area contributed by atoms with Crippen LogP contribution < -0.4 is 14.8 Å². The van der Waals surface area contributed by atoms with Crippen LogP contribution in [0.4, 0.5) is 0 Å². The van der Waals surface area contributed by atoms with E-state index < -0.39 is 9.84 Å². The van der Waals surface area contributed by atoms with Crippen molar-refractivity contribution in [2.45, 2.75) is 37.2 Å². The molecule has 2 heterocycles. The molecule has 1 aromatic rings. The van der Waals surface area contributed by atoms with E-state index in [0.29, 0.717) is 31.3 Å². The molecule has 0 spiro atoms. The molecule has 1 saturated heterocycles. The van der Waals surface area contributed by atoms with Gasteiger partial charge in [-0.15, -0.1) is 0 Å². The number of sulfone groups is 1. The van der Waals surface area contributed by atoms with E-state index in [-0.39, 0.29) is 35.1 Å². The topological polar surface area (TPSA) is 84.9 Å². The van der Waals surface area contributed by atoms with E-state index in [1.54, 1.807) is 11.0 Å². The first-order valence-electron chi connectivity index (χ1n) is 8.54. The highest BCUT2D eigenvalue weighted by atomic mass is 32.2. The molecule has 0 bridgehead atoms. The van der Waals surface area contributed by atoms with Crippen molar-refractivity contribution in [1.82, 2.24) is 10.2 Å². The van der Waals surface area contributed by atoms with Gasteiger partial charge in [0.15, 0.2) is 21.3 Å². The summed E-state index contributed by atoms with van der Waals surface area (Å²) in [4.78, 5) is 14.4. The van der Waals surface area contributed by atoms with Gasteiger partial charge in [0, 0.05) is 37.7 Å². The van der Waals surface area contributed by atoms with Gasteiger partial charge in [0.2, 0.25) is 5.91 Å². The van der Waals surface area contributed by atoms with Gasteiger partial charge >= 0.3 is 0 Å². The van der Waals surface area contributed by atoms with Crippen LogP contribution in [-0.2, 0) is 14.6 Å². The quantitative estimate of drug-likeness (QED) is 0.847. The van der Waals surface area contributed by atoms with Gasteiger partial charge in [-0.2, -0.15) is 0 Å². The fourth-order valence-electron chi connectivity index (χ4n) is 3.11. The monoisotopic (exact) mass is 368 g/mol. The summed E-state index contributed by atoms with van der Waals surface area (Å²) < 4.78 is 36.0. The van der Waals surface area contributed by atoms with E-state index in [4.69, 9.17) is 9.47 Å². The molecular formula is C17H24N2O5S. The standard InChI is InChI=1S/C17H24N2O5S/c1-12-13(2)19(7-6-18-12)17(20)5-10-25(21,22)14-3-4-15-16(11-14)24-9-8-23-15/h3-4,11-13,18H,5-10H2,1-2H3.